The van der Waals surface area contributed by atoms with Crippen LogP contribution >= 0.6 is 31.9 Å². The lowest BCUT2D eigenvalue weighted by Gasteiger charge is -1.99. The maximum absolute atomic E-state index is 11.4. The number of benzene rings is 1. The molecule has 0 saturated heterocycles. The van der Waals surface area contributed by atoms with Gasteiger partial charge in [0.1, 0.15) is 0 Å². The predicted octanol–water partition coefficient (Wildman–Crippen LogP) is 2.30. The van der Waals surface area contributed by atoms with Crippen LogP contribution in [0.15, 0.2) is 27.3 Å². The lowest BCUT2D eigenvalue weighted by Crippen LogP contribution is -2.29. The Hall–Kier alpha value is -0.850. The molecule has 4 nitrogen and oxygen atoms in total. The predicted molar refractivity (Wildman–Crippen MR) is 65.4 cm³/mol. The summed E-state index contributed by atoms with van der Waals surface area (Å²) >= 11 is 6.77. The molecule has 0 unspecified atom stereocenters. The average Bonchev–Trinajstić information content (AvgIpc) is 2.61. The molecule has 4 N–H and O–H groups in total. The summed E-state index contributed by atoms with van der Waals surface area (Å²) in [6.45, 7) is 0. The fourth-order valence-corrected chi connectivity index (χ4v) is 2.07. The molecule has 6 heteroatoms. The third-order valence-electron chi connectivity index (χ3n) is 2.10. The van der Waals surface area contributed by atoms with E-state index in [2.05, 4.69) is 42.3 Å². The number of hydrazine groups is 1. The van der Waals surface area contributed by atoms with Crippen molar-refractivity contribution in [2.75, 3.05) is 0 Å². The molecule has 1 aromatic carbocycles. The lowest BCUT2D eigenvalue weighted by molar-refractivity contribution is 0.0955. The number of carbonyl (C=O) groups is 1. The van der Waals surface area contributed by atoms with Gasteiger partial charge in [0.05, 0.1) is 5.56 Å². The van der Waals surface area contributed by atoms with Crippen LogP contribution in [0.3, 0.4) is 0 Å². The fraction of sp³-hybridized carbons (Fsp3) is 0. The van der Waals surface area contributed by atoms with Gasteiger partial charge in [-0.25, -0.2) is 5.84 Å². The van der Waals surface area contributed by atoms with Crippen molar-refractivity contribution in [2.24, 2.45) is 5.84 Å². The second-order valence-electron chi connectivity index (χ2n) is 2.99. The van der Waals surface area contributed by atoms with Crippen molar-refractivity contribution in [1.82, 2.24) is 10.4 Å². The SMILES string of the molecule is NNC(=O)c1c[nH]c2cc(Br)c(Br)cc12. The number of fused-ring (bicyclic) bond motifs is 1. The lowest BCUT2D eigenvalue weighted by atomic mass is 10.2. The van der Waals surface area contributed by atoms with Gasteiger partial charge in [0.2, 0.25) is 0 Å². The number of carbonyl (C=O) groups excluding carboxylic acids is 1. The minimum absolute atomic E-state index is 0.310. The maximum Gasteiger partial charge on any atom is 0.267 e. The van der Waals surface area contributed by atoms with Gasteiger partial charge in [-0.2, -0.15) is 0 Å². The van der Waals surface area contributed by atoms with Crippen molar-refractivity contribution in [3.8, 4) is 0 Å². The first-order valence-electron chi connectivity index (χ1n) is 4.10. The minimum Gasteiger partial charge on any atom is -0.360 e. The summed E-state index contributed by atoms with van der Waals surface area (Å²) in [6, 6.07) is 3.76. The molecule has 0 aliphatic heterocycles. The van der Waals surface area contributed by atoms with Gasteiger partial charge in [0.15, 0.2) is 0 Å². The van der Waals surface area contributed by atoms with E-state index in [0.29, 0.717) is 5.56 Å². The van der Waals surface area contributed by atoms with Crippen molar-refractivity contribution < 1.29 is 4.79 Å². The van der Waals surface area contributed by atoms with Gasteiger partial charge in [0, 0.05) is 26.0 Å². The molecule has 1 heterocycles. The van der Waals surface area contributed by atoms with Gasteiger partial charge in [-0.3, -0.25) is 10.2 Å². The maximum atomic E-state index is 11.4. The van der Waals surface area contributed by atoms with Crippen molar-refractivity contribution >= 4 is 48.7 Å². The second kappa shape index (κ2) is 3.96. The Balaban J connectivity index is 2.69. The zero-order valence-electron chi connectivity index (χ0n) is 7.47. The second-order valence-corrected chi connectivity index (χ2v) is 4.70. The molecular formula is C9H7Br2N3O. The third kappa shape index (κ3) is 1.80. The third-order valence-corrected chi connectivity index (χ3v) is 3.94. The Bertz CT molecular complexity index is 535. The Labute approximate surface area is 102 Å². The van der Waals surface area contributed by atoms with Crippen LogP contribution in [0, 0.1) is 0 Å². The quantitative estimate of drug-likeness (QED) is 0.426. The average molecular weight is 333 g/mol. The van der Waals surface area contributed by atoms with E-state index in [4.69, 9.17) is 5.84 Å². The highest BCUT2D eigenvalue weighted by atomic mass is 79.9. The summed E-state index contributed by atoms with van der Waals surface area (Å²) in [5.74, 6) is 4.78. The van der Waals surface area contributed by atoms with E-state index in [0.717, 1.165) is 19.8 Å². The molecule has 0 fully saturated rings. The van der Waals surface area contributed by atoms with Crippen molar-refractivity contribution in [2.45, 2.75) is 0 Å². The van der Waals surface area contributed by atoms with Crippen molar-refractivity contribution in [3.05, 3.63) is 32.8 Å². The summed E-state index contributed by atoms with van der Waals surface area (Å²) in [6.07, 6.45) is 1.63. The highest BCUT2D eigenvalue weighted by molar-refractivity contribution is 9.13. The normalized spacial score (nSPS) is 10.6. The Kier molecular flexibility index (Phi) is 2.81. The largest absolute Gasteiger partial charge is 0.360 e. The number of aromatic amines is 1. The summed E-state index contributed by atoms with van der Waals surface area (Å²) in [4.78, 5) is 14.4. The molecule has 1 aromatic heterocycles. The van der Waals surface area contributed by atoms with Crippen LogP contribution in [0.25, 0.3) is 10.9 Å². The number of rotatable bonds is 1. The van der Waals surface area contributed by atoms with E-state index in [1.165, 1.54) is 0 Å². The molecular weight excluding hydrogens is 326 g/mol. The highest BCUT2D eigenvalue weighted by Gasteiger charge is 2.12. The molecule has 2 rings (SSSR count). The number of H-pyrrole nitrogens is 1. The topological polar surface area (TPSA) is 70.9 Å². The summed E-state index contributed by atoms with van der Waals surface area (Å²) < 4.78 is 1.82. The highest BCUT2D eigenvalue weighted by Crippen LogP contribution is 2.29. The van der Waals surface area contributed by atoms with Crippen LogP contribution in [-0.4, -0.2) is 10.9 Å². The number of aromatic nitrogens is 1. The first kappa shape index (κ1) is 10.7. The molecule has 0 atom stereocenters. The molecule has 78 valence electrons. The zero-order chi connectivity index (χ0) is 11.0. The van der Waals surface area contributed by atoms with Gasteiger partial charge in [0.25, 0.3) is 5.91 Å². The Morgan fingerprint density at radius 3 is 2.67 bits per heavy atom. The number of nitrogen functional groups attached to an aromatic ring is 1. The molecule has 0 radical (unpaired) electrons. The molecule has 0 bridgehead atoms. The standard InChI is InChI=1S/C9H7Br2N3O/c10-6-1-4-5(9(15)14-12)3-13-8(4)2-7(6)11/h1-3,13H,12H2,(H,14,15). The number of halogens is 2. The van der Waals surface area contributed by atoms with Crippen LogP contribution in [-0.2, 0) is 0 Å². The first-order valence-corrected chi connectivity index (χ1v) is 5.69. The summed E-state index contributed by atoms with van der Waals surface area (Å²) in [5.41, 5.74) is 3.51. The van der Waals surface area contributed by atoms with E-state index in [-0.39, 0.29) is 5.91 Å². The van der Waals surface area contributed by atoms with Crippen LogP contribution < -0.4 is 11.3 Å². The fourth-order valence-electron chi connectivity index (χ4n) is 1.38. The summed E-state index contributed by atoms with van der Waals surface area (Å²) in [7, 11) is 0. The minimum atomic E-state index is -0.310. The van der Waals surface area contributed by atoms with E-state index in [9.17, 15) is 4.79 Å². The molecule has 1 amide bonds. The molecule has 0 aliphatic rings. The number of nitrogens with one attached hydrogen (secondary N) is 2. The van der Waals surface area contributed by atoms with Crippen molar-refractivity contribution in [1.29, 1.82) is 0 Å². The molecule has 15 heavy (non-hydrogen) atoms. The van der Waals surface area contributed by atoms with Crippen molar-refractivity contribution in [3.63, 3.8) is 0 Å². The van der Waals surface area contributed by atoms with Gasteiger partial charge >= 0.3 is 0 Å². The number of hydrogen-bond donors (Lipinski definition) is 3. The number of hydrogen-bond acceptors (Lipinski definition) is 2. The van der Waals surface area contributed by atoms with E-state index in [1.807, 2.05) is 12.1 Å². The van der Waals surface area contributed by atoms with Gasteiger partial charge in [-0.15, -0.1) is 0 Å². The Morgan fingerprint density at radius 2 is 2.00 bits per heavy atom. The molecule has 2 aromatic rings. The van der Waals surface area contributed by atoms with Gasteiger partial charge in [-0.05, 0) is 44.0 Å². The van der Waals surface area contributed by atoms with Crippen LogP contribution in [0.5, 0.6) is 0 Å². The van der Waals surface area contributed by atoms with Crippen LogP contribution in [0.4, 0.5) is 0 Å². The van der Waals surface area contributed by atoms with E-state index < -0.39 is 0 Å². The molecule has 0 spiro atoms. The first-order chi connectivity index (χ1) is 7.13. The van der Waals surface area contributed by atoms with Gasteiger partial charge in [-0.1, -0.05) is 0 Å². The van der Waals surface area contributed by atoms with E-state index >= 15 is 0 Å². The number of nitrogens with two attached hydrogens (primary N) is 1. The molecule has 0 aliphatic carbocycles. The monoisotopic (exact) mass is 331 g/mol. The number of amides is 1. The smallest absolute Gasteiger partial charge is 0.267 e. The summed E-state index contributed by atoms with van der Waals surface area (Å²) in [5, 5.41) is 0.827. The van der Waals surface area contributed by atoms with Crippen LogP contribution in [0.1, 0.15) is 10.4 Å². The van der Waals surface area contributed by atoms with Gasteiger partial charge < -0.3 is 4.98 Å². The van der Waals surface area contributed by atoms with E-state index in [1.54, 1.807) is 6.20 Å². The zero-order valence-corrected chi connectivity index (χ0v) is 10.6. The van der Waals surface area contributed by atoms with Crippen LogP contribution in [0.2, 0.25) is 0 Å². The Morgan fingerprint density at radius 1 is 1.33 bits per heavy atom. The molecule has 0 saturated carbocycles.